The third-order valence-corrected chi connectivity index (χ3v) is 4.60. The summed E-state index contributed by atoms with van der Waals surface area (Å²) < 4.78 is 13.4. The number of phenols is 1. The van der Waals surface area contributed by atoms with Gasteiger partial charge in [0.2, 0.25) is 0 Å². The molecule has 2 rings (SSSR count). The Balaban J connectivity index is 2.33. The number of phenolic OH excluding ortho intramolecular Hbond substituents is 1. The predicted molar refractivity (Wildman–Crippen MR) is 74.2 cm³/mol. The number of carbonyl (C=O) groups excluding carboxylic acids is 1. The van der Waals surface area contributed by atoms with E-state index in [1.165, 1.54) is 12.1 Å². The van der Waals surface area contributed by atoms with Crippen molar-refractivity contribution in [1.29, 1.82) is 0 Å². The summed E-state index contributed by atoms with van der Waals surface area (Å²) in [5.41, 5.74) is 1.37. The summed E-state index contributed by atoms with van der Waals surface area (Å²) in [6.45, 7) is 0. The Morgan fingerprint density at radius 2 is 1.75 bits per heavy atom. The Bertz CT molecular complexity index is 651. The second-order valence-corrected chi connectivity index (χ2v) is 6.22. The van der Waals surface area contributed by atoms with Crippen LogP contribution >= 0.6 is 0 Å². The predicted octanol–water partition coefficient (Wildman–Crippen LogP) is 1.19. The summed E-state index contributed by atoms with van der Waals surface area (Å²) in [5, 5.41) is 9.85. The van der Waals surface area contributed by atoms with Crippen LogP contribution in [0.5, 0.6) is 5.75 Å². The summed E-state index contributed by atoms with van der Waals surface area (Å²) in [7, 11) is 3.86. The molecule has 0 aliphatic heterocycles. The molecule has 0 amide bonds. The van der Waals surface area contributed by atoms with Gasteiger partial charge in [-0.1, -0.05) is 0 Å². The van der Waals surface area contributed by atoms with Gasteiger partial charge in [0, 0.05) is 0 Å². The zero-order valence-corrected chi connectivity index (χ0v) is 12.2. The number of benzene rings is 2. The topological polar surface area (TPSA) is 57.6 Å². The Morgan fingerprint density at radius 3 is 2.25 bits per heavy atom. The number of aldehydes is 1. The van der Waals surface area contributed by atoms with E-state index in [1.807, 2.05) is 31.1 Å². The van der Waals surface area contributed by atoms with Crippen molar-refractivity contribution in [3.05, 3.63) is 48.0 Å². The van der Waals surface area contributed by atoms with Crippen LogP contribution in [0.3, 0.4) is 0 Å². The van der Waals surface area contributed by atoms with Gasteiger partial charge < -0.3 is 0 Å². The molecule has 0 saturated heterocycles. The van der Waals surface area contributed by atoms with Gasteiger partial charge in [-0.05, 0) is 0 Å². The van der Waals surface area contributed by atoms with Crippen LogP contribution in [0.15, 0.2) is 42.5 Å². The average Bonchev–Trinajstić information content (AvgIpc) is 2.46. The van der Waals surface area contributed by atoms with Crippen LogP contribution in [-0.2, 0) is 17.5 Å². The van der Waals surface area contributed by atoms with E-state index in [2.05, 4.69) is 0 Å². The Labute approximate surface area is 121 Å². The summed E-state index contributed by atoms with van der Waals surface area (Å²) in [5.74, 6) is -0.119. The third-order valence-electron chi connectivity index (χ3n) is 2.75. The Hall–Kier alpha value is -1.98. The molecular formula is C15H15CoNO3. The van der Waals surface area contributed by atoms with Gasteiger partial charge >= 0.3 is 121 Å². The average molecular weight is 316 g/mol. The van der Waals surface area contributed by atoms with Crippen molar-refractivity contribution in [1.82, 2.24) is 0 Å². The van der Waals surface area contributed by atoms with E-state index in [1.54, 1.807) is 18.2 Å². The standard InChI is InChI=1S/C8H10N.C7H5O2.Co.O/c1-9(2)8-6-4-3-5-7-8;8-5-6-2-1-3-7(9)4-6;;/h4-7H,1-2H3;1-2,4-5,9H;;. The molecule has 0 spiro atoms. The minimum absolute atomic E-state index is 0.119. The first-order chi connectivity index (χ1) is 9.52. The molecule has 5 heteroatoms. The van der Waals surface area contributed by atoms with Crippen molar-refractivity contribution >= 4 is 21.0 Å². The molecule has 4 nitrogen and oxygen atoms in total. The summed E-state index contributed by atoms with van der Waals surface area (Å²) in [6.07, 6.45) is 0.641. The number of hydrogen-bond donors (Lipinski definition) is 1. The fourth-order valence-electron chi connectivity index (χ4n) is 1.66. The molecule has 0 saturated carbocycles. The number of aromatic hydroxyl groups is 1. The SMILES string of the molecule is CN(C)c1cc[c]([Co](=[O])[c]2ccc(C=O)cc2O)cc1. The van der Waals surface area contributed by atoms with E-state index >= 15 is 0 Å². The van der Waals surface area contributed by atoms with E-state index in [0.29, 0.717) is 20.8 Å². The van der Waals surface area contributed by atoms with Gasteiger partial charge in [-0.15, -0.1) is 0 Å². The maximum atomic E-state index is 12.4. The van der Waals surface area contributed by atoms with Crippen LogP contribution in [0.4, 0.5) is 5.69 Å². The molecule has 0 aliphatic carbocycles. The molecule has 1 N–H and O–H groups in total. The van der Waals surface area contributed by atoms with Gasteiger partial charge in [-0.3, -0.25) is 0 Å². The molecular weight excluding hydrogens is 301 g/mol. The molecule has 2 aromatic rings. The molecule has 0 radical (unpaired) electrons. The van der Waals surface area contributed by atoms with Crippen molar-refractivity contribution in [3.8, 4) is 5.75 Å². The molecule has 0 fully saturated rings. The van der Waals surface area contributed by atoms with Gasteiger partial charge in [0.05, 0.1) is 0 Å². The van der Waals surface area contributed by atoms with Crippen LogP contribution < -0.4 is 13.9 Å². The van der Waals surface area contributed by atoms with E-state index in [-0.39, 0.29) is 5.75 Å². The fraction of sp³-hybridized carbons (Fsp3) is 0.133. The van der Waals surface area contributed by atoms with Crippen molar-refractivity contribution < 1.29 is 27.4 Å². The molecule has 0 aromatic heterocycles. The third kappa shape index (κ3) is 2.95. The molecule has 107 valence electrons. The van der Waals surface area contributed by atoms with Gasteiger partial charge in [-0.2, -0.15) is 0 Å². The molecule has 20 heavy (non-hydrogen) atoms. The Morgan fingerprint density at radius 1 is 1.10 bits per heavy atom. The Kier molecular flexibility index (Phi) is 4.31. The van der Waals surface area contributed by atoms with Crippen molar-refractivity contribution in [3.63, 3.8) is 0 Å². The van der Waals surface area contributed by atoms with E-state index in [9.17, 15) is 13.8 Å². The quantitative estimate of drug-likeness (QED) is 0.861. The number of anilines is 1. The molecule has 0 aliphatic rings. The zero-order valence-electron chi connectivity index (χ0n) is 11.2. The fourth-order valence-corrected chi connectivity index (χ4v) is 3.03. The second-order valence-electron chi connectivity index (χ2n) is 4.37. The van der Waals surface area contributed by atoms with Crippen LogP contribution in [0.25, 0.3) is 0 Å². The van der Waals surface area contributed by atoms with Crippen molar-refractivity contribution in [2.45, 2.75) is 0 Å². The molecule has 0 atom stereocenters. The minimum atomic E-state index is -1.85. The summed E-state index contributed by atoms with van der Waals surface area (Å²) in [4.78, 5) is 12.6. The van der Waals surface area contributed by atoms with Gasteiger partial charge in [0.1, 0.15) is 0 Å². The van der Waals surface area contributed by atoms with E-state index < -0.39 is 13.6 Å². The number of rotatable bonds is 4. The molecule has 0 unspecified atom stereocenters. The molecule has 0 bridgehead atoms. The summed E-state index contributed by atoms with van der Waals surface area (Å²) in [6, 6.07) is 11.7. The second kappa shape index (κ2) is 5.98. The molecule has 0 heterocycles. The first-order valence-electron chi connectivity index (χ1n) is 5.89. The zero-order chi connectivity index (χ0) is 14.7. The number of carbonyl (C=O) groups is 1. The van der Waals surface area contributed by atoms with Crippen LogP contribution in [0.1, 0.15) is 10.4 Å². The van der Waals surface area contributed by atoms with Crippen LogP contribution in [0.2, 0.25) is 0 Å². The first kappa shape index (κ1) is 14.4. The van der Waals surface area contributed by atoms with Crippen LogP contribution in [0, 0.1) is 0 Å². The summed E-state index contributed by atoms with van der Waals surface area (Å²) >= 11 is -1.85. The van der Waals surface area contributed by atoms with Gasteiger partial charge in [0.25, 0.3) is 0 Å². The number of nitrogens with zero attached hydrogens (tertiary/aromatic N) is 1. The van der Waals surface area contributed by atoms with E-state index in [0.717, 1.165) is 5.69 Å². The van der Waals surface area contributed by atoms with E-state index in [4.69, 9.17) is 0 Å². The normalized spacial score (nSPS) is 11.0. The number of hydrogen-bond acceptors (Lipinski definition) is 4. The van der Waals surface area contributed by atoms with Crippen molar-refractivity contribution in [2.24, 2.45) is 0 Å². The van der Waals surface area contributed by atoms with Gasteiger partial charge in [0.15, 0.2) is 0 Å². The maximum absolute atomic E-state index is 12.4. The van der Waals surface area contributed by atoms with Gasteiger partial charge in [-0.25, -0.2) is 0 Å². The van der Waals surface area contributed by atoms with Crippen molar-refractivity contribution in [2.75, 3.05) is 19.0 Å². The van der Waals surface area contributed by atoms with Crippen LogP contribution in [-0.4, -0.2) is 25.5 Å². The molecule has 2 aromatic carbocycles. The first-order valence-corrected chi connectivity index (χ1v) is 7.36. The monoisotopic (exact) mass is 316 g/mol.